The minimum atomic E-state index is 0. The van der Waals surface area contributed by atoms with Crippen molar-refractivity contribution in [3.63, 3.8) is 0 Å². The van der Waals surface area contributed by atoms with Gasteiger partial charge in [0.25, 0.3) is 0 Å². The van der Waals surface area contributed by atoms with Crippen molar-refractivity contribution >= 4 is 41.4 Å². The maximum atomic E-state index is 12.4. The van der Waals surface area contributed by atoms with Crippen molar-refractivity contribution in [1.29, 1.82) is 0 Å². The average molecular weight is 435 g/mol. The second-order valence-corrected chi connectivity index (χ2v) is 7.65. The van der Waals surface area contributed by atoms with Crippen LogP contribution in [0.5, 0.6) is 0 Å². The quantitative estimate of drug-likeness (QED) is 0.397. The molecule has 4 nitrogen and oxygen atoms in total. The Bertz CT molecular complexity index is 839. The van der Waals surface area contributed by atoms with Crippen molar-refractivity contribution in [2.24, 2.45) is 0 Å². The van der Waals surface area contributed by atoms with Gasteiger partial charge in [-0.1, -0.05) is 36.2 Å². The van der Waals surface area contributed by atoms with Gasteiger partial charge in [-0.25, -0.2) is 0 Å². The van der Waals surface area contributed by atoms with Gasteiger partial charge in [0.2, 0.25) is 5.91 Å². The van der Waals surface area contributed by atoms with Crippen molar-refractivity contribution in [3.05, 3.63) is 64.2 Å². The summed E-state index contributed by atoms with van der Waals surface area (Å²) in [4.78, 5) is 23.8. The Balaban J connectivity index is 0.00000300. The number of rotatable bonds is 10. The predicted molar refractivity (Wildman–Crippen MR) is 121 cm³/mol. The number of fused-ring (bicyclic) bond motifs is 1. The van der Waals surface area contributed by atoms with Crippen molar-refractivity contribution in [2.45, 2.75) is 44.9 Å². The summed E-state index contributed by atoms with van der Waals surface area (Å²) in [6, 6.07) is 13.6. The third-order valence-electron chi connectivity index (χ3n) is 5.11. The third kappa shape index (κ3) is 7.14. The number of hydrogen-bond donors (Lipinski definition) is 2. The number of unbranched alkanes of at least 4 members (excludes halogenated alkanes) is 2. The first-order valence-corrected chi connectivity index (χ1v) is 10.4. The number of aryl methyl sites for hydroxylation is 1. The monoisotopic (exact) mass is 434 g/mol. The SMILES string of the molecule is Cl.O=C1CCc2cc(C(=O)CCCCCNCCc3ccccc3Cl)ccc2N1. The van der Waals surface area contributed by atoms with Crippen LogP contribution in [0.3, 0.4) is 0 Å². The third-order valence-corrected chi connectivity index (χ3v) is 5.48. The Kier molecular flexibility index (Phi) is 9.65. The molecular weight excluding hydrogens is 407 g/mol. The smallest absolute Gasteiger partial charge is 0.224 e. The van der Waals surface area contributed by atoms with Crippen LogP contribution in [0, 0.1) is 0 Å². The van der Waals surface area contributed by atoms with Gasteiger partial charge in [-0.3, -0.25) is 9.59 Å². The highest BCUT2D eigenvalue weighted by Gasteiger charge is 2.16. The Hall–Kier alpha value is -1.88. The lowest BCUT2D eigenvalue weighted by Crippen LogP contribution is -2.19. The largest absolute Gasteiger partial charge is 0.326 e. The summed E-state index contributed by atoms with van der Waals surface area (Å²) in [5.41, 5.74) is 3.84. The molecule has 2 aromatic carbocycles. The first-order chi connectivity index (χ1) is 13.6. The van der Waals surface area contributed by atoms with Crippen molar-refractivity contribution in [1.82, 2.24) is 5.32 Å². The molecule has 1 heterocycles. The minimum absolute atomic E-state index is 0. The van der Waals surface area contributed by atoms with Crippen LogP contribution in [-0.4, -0.2) is 24.8 Å². The molecule has 0 saturated heterocycles. The number of carbonyl (C=O) groups is 2. The molecule has 1 amide bonds. The van der Waals surface area contributed by atoms with E-state index in [0.29, 0.717) is 19.3 Å². The van der Waals surface area contributed by atoms with Crippen LogP contribution in [0.25, 0.3) is 0 Å². The molecule has 2 N–H and O–H groups in total. The van der Waals surface area contributed by atoms with Gasteiger partial charge in [0.15, 0.2) is 5.78 Å². The predicted octanol–water partition coefficient (Wildman–Crippen LogP) is 5.22. The van der Waals surface area contributed by atoms with E-state index in [2.05, 4.69) is 16.7 Å². The van der Waals surface area contributed by atoms with E-state index in [1.165, 1.54) is 5.56 Å². The van der Waals surface area contributed by atoms with Crippen molar-refractivity contribution in [2.75, 3.05) is 18.4 Å². The molecule has 0 radical (unpaired) electrons. The molecule has 0 atom stereocenters. The molecule has 0 aliphatic carbocycles. The van der Waals surface area contributed by atoms with Gasteiger partial charge in [-0.15, -0.1) is 12.4 Å². The summed E-state index contributed by atoms with van der Waals surface area (Å²) in [6.07, 6.45) is 5.70. The van der Waals surface area contributed by atoms with E-state index < -0.39 is 0 Å². The second kappa shape index (κ2) is 12.0. The summed E-state index contributed by atoms with van der Waals surface area (Å²) in [5, 5.41) is 7.12. The zero-order valence-corrected chi connectivity index (χ0v) is 18.1. The van der Waals surface area contributed by atoms with E-state index in [-0.39, 0.29) is 24.1 Å². The second-order valence-electron chi connectivity index (χ2n) is 7.25. The number of amides is 1. The lowest BCUT2D eigenvalue weighted by molar-refractivity contribution is -0.116. The molecule has 3 rings (SSSR count). The summed E-state index contributed by atoms with van der Waals surface area (Å²) >= 11 is 6.15. The zero-order chi connectivity index (χ0) is 19.8. The van der Waals surface area contributed by atoms with Crippen LogP contribution in [0.2, 0.25) is 5.02 Å². The number of nitrogens with one attached hydrogen (secondary N) is 2. The highest BCUT2D eigenvalue weighted by atomic mass is 35.5. The van der Waals surface area contributed by atoms with E-state index in [1.807, 2.05) is 36.4 Å². The minimum Gasteiger partial charge on any atom is -0.326 e. The number of Topliss-reactive ketones (excluding diaryl/α,β-unsaturated/α-hetero) is 1. The molecule has 0 fully saturated rings. The fourth-order valence-corrected chi connectivity index (χ4v) is 3.69. The van der Waals surface area contributed by atoms with E-state index in [1.54, 1.807) is 0 Å². The van der Waals surface area contributed by atoms with Crippen molar-refractivity contribution < 1.29 is 9.59 Å². The van der Waals surface area contributed by atoms with Gasteiger partial charge >= 0.3 is 0 Å². The summed E-state index contributed by atoms with van der Waals surface area (Å²) in [7, 11) is 0. The fourth-order valence-electron chi connectivity index (χ4n) is 3.46. The number of carbonyl (C=O) groups excluding carboxylic acids is 2. The Morgan fingerprint density at radius 2 is 1.86 bits per heavy atom. The topological polar surface area (TPSA) is 58.2 Å². The molecule has 0 spiro atoms. The van der Waals surface area contributed by atoms with Gasteiger partial charge < -0.3 is 10.6 Å². The molecular formula is C23H28Cl2N2O2. The Morgan fingerprint density at radius 1 is 1.03 bits per heavy atom. The van der Waals surface area contributed by atoms with Gasteiger partial charge in [-0.05, 0) is 74.2 Å². The van der Waals surface area contributed by atoms with Crippen LogP contribution in [0.15, 0.2) is 42.5 Å². The number of hydrogen-bond acceptors (Lipinski definition) is 3. The first-order valence-electron chi connectivity index (χ1n) is 10.0. The Morgan fingerprint density at radius 3 is 2.69 bits per heavy atom. The van der Waals surface area contributed by atoms with Gasteiger partial charge in [-0.2, -0.15) is 0 Å². The average Bonchev–Trinajstić information content (AvgIpc) is 2.70. The number of halogens is 2. The normalized spacial score (nSPS) is 12.7. The number of benzene rings is 2. The molecule has 1 aliphatic rings. The van der Waals surface area contributed by atoms with Gasteiger partial charge in [0.05, 0.1) is 0 Å². The van der Waals surface area contributed by atoms with Crippen LogP contribution in [-0.2, 0) is 17.6 Å². The lowest BCUT2D eigenvalue weighted by Gasteiger charge is -2.17. The standard InChI is InChI=1S/C23H27ClN2O2.ClH/c24-20-7-4-3-6-17(20)13-15-25-14-5-1-2-8-22(27)19-9-11-21-18(16-19)10-12-23(28)26-21;/h3-4,6-7,9,11,16,25H,1-2,5,8,10,12-15H2,(H,26,28);1H. The molecule has 29 heavy (non-hydrogen) atoms. The number of ketones is 1. The summed E-state index contributed by atoms with van der Waals surface area (Å²) in [5.74, 6) is 0.235. The van der Waals surface area contributed by atoms with Crippen LogP contribution in [0.1, 0.15) is 53.6 Å². The van der Waals surface area contributed by atoms with Crippen molar-refractivity contribution in [3.8, 4) is 0 Å². The van der Waals surface area contributed by atoms with Crippen LogP contribution >= 0.6 is 24.0 Å². The van der Waals surface area contributed by atoms with E-state index in [9.17, 15) is 9.59 Å². The van der Waals surface area contributed by atoms with Crippen LogP contribution < -0.4 is 10.6 Å². The first kappa shape index (κ1) is 23.4. The van der Waals surface area contributed by atoms with Crippen LogP contribution in [0.4, 0.5) is 5.69 Å². The lowest BCUT2D eigenvalue weighted by atomic mass is 9.97. The van der Waals surface area contributed by atoms with Gasteiger partial charge in [0.1, 0.15) is 0 Å². The summed E-state index contributed by atoms with van der Waals surface area (Å²) in [6.45, 7) is 1.87. The molecule has 0 bridgehead atoms. The maximum Gasteiger partial charge on any atom is 0.224 e. The molecule has 0 aromatic heterocycles. The molecule has 0 unspecified atom stereocenters. The van der Waals surface area contributed by atoms with Gasteiger partial charge in [0, 0.05) is 29.1 Å². The zero-order valence-electron chi connectivity index (χ0n) is 16.5. The molecule has 156 valence electrons. The molecule has 2 aromatic rings. The fraction of sp³-hybridized carbons (Fsp3) is 0.391. The number of anilines is 1. The van der Waals surface area contributed by atoms with E-state index in [4.69, 9.17) is 11.6 Å². The highest BCUT2D eigenvalue weighted by molar-refractivity contribution is 6.31. The Labute approximate surface area is 183 Å². The van der Waals surface area contributed by atoms with E-state index >= 15 is 0 Å². The van der Waals surface area contributed by atoms with E-state index in [0.717, 1.165) is 60.6 Å². The summed E-state index contributed by atoms with van der Waals surface area (Å²) < 4.78 is 0. The molecule has 0 saturated carbocycles. The maximum absolute atomic E-state index is 12.4. The highest BCUT2D eigenvalue weighted by Crippen LogP contribution is 2.24. The molecule has 1 aliphatic heterocycles. The molecule has 6 heteroatoms.